The zero-order chi connectivity index (χ0) is 14.7. The van der Waals surface area contributed by atoms with Crippen molar-refractivity contribution in [3.63, 3.8) is 0 Å². The maximum atomic E-state index is 5.95. The highest BCUT2D eigenvalue weighted by Crippen LogP contribution is 2.29. The van der Waals surface area contributed by atoms with E-state index in [2.05, 4.69) is 28.2 Å². The monoisotopic (exact) mass is 327 g/mol. The topological polar surface area (TPSA) is 18.5 Å². The molecular formula is C16H26ClN3S. The van der Waals surface area contributed by atoms with Crippen molar-refractivity contribution in [1.82, 2.24) is 15.1 Å². The molecule has 2 fully saturated rings. The average Bonchev–Trinajstić information content (AvgIpc) is 2.89. The van der Waals surface area contributed by atoms with Crippen LogP contribution in [0.5, 0.6) is 0 Å². The van der Waals surface area contributed by atoms with Crippen molar-refractivity contribution in [2.75, 3.05) is 39.8 Å². The lowest BCUT2D eigenvalue weighted by Crippen LogP contribution is -2.53. The van der Waals surface area contributed by atoms with Gasteiger partial charge in [0.2, 0.25) is 0 Å². The number of piperidine rings is 2. The molecular weight excluding hydrogens is 302 g/mol. The SMILES string of the molecule is CN1CCCC2CN(CCNCc3ccc(Cl)s3)CCC21. The molecule has 0 aromatic carbocycles. The Bertz CT molecular complexity index is 450. The van der Waals surface area contributed by atoms with E-state index < -0.39 is 0 Å². The van der Waals surface area contributed by atoms with E-state index in [1.54, 1.807) is 11.3 Å². The minimum atomic E-state index is 0.844. The van der Waals surface area contributed by atoms with E-state index in [1.807, 2.05) is 6.07 Å². The largest absolute Gasteiger partial charge is 0.311 e. The molecule has 0 amide bonds. The highest BCUT2D eigenvalue weighted by atomic mass is 35.5. The van der Waals surface area contributed by atoms with Crippen molar-refractivity contribution in [2.24, 2.45) is 5.92 Å². The van der Waals surface area contributed by atoms with Gasteiger partial charge in [-0.2, -0.15) is 0 Å². The van der Waals surface area contributed by atoms with Gasteiger partial charge in [0.05, 0.1) is 4.34 Å². The van der Waals surface area contributed by atoms with Crippen LogP contribution in [0.1, 0.15) is 24.1 Å². The van der Waals surface area contributed by atoms with Gasteiger partial charge in [-0.3, -0.25) is 0 Å². The quantitative estimate of drug-likeness (QED) is 0.839. The second kappa shape index (κ2) is 7.42. The first-order chi connectivity index (χ1) is 10.2. The van der Waals surface area contributed by atoms with Crippen molar-refractivity contribution in [2.45, 2.75) is 31.8 Å². The summed E-state index contributed by atoms with van der Waals surface area (Å²) in [6.07, 6.45) is 4.15. The number of halogens is 1. The van der Waals surface area contributed by atoms with Gasteiger partial charge in [-0.05, 0) is 57.5 Å². The van der Waals surface area contributed by atoms with Crippen LogP contribution in [0.15, 0.2) is 12.1 Å². The first-order valence-corrected chi connectivity index (χ1v) is 9.29. The van der Waals surface area contributed by atoms with Crippen LogP contribution in [0.4, 0.5) is 0 Å². The Hall–Kier alpha value is -0.130. The molecule has 3 heterocycles. The number of hydrogen-bond donors (Lipinski definition) is 1. The Morgan fingerprint density at radius 1 is 1.33 bits per heavy atom. The lowest BCUT2D eigenvalue weighted by atomic mass is 9.84. The molecule has 1 aromatic heterocycles. The lowest BCUT2D eigenvalue weighted by Gasteiger charge is -2.46. The lowest BCUT2D eigenvalue weighted by molar-refractivity contribution is 0.0391. The molecule has 0 spiro atoms. The third-order valence-corrected chi connectivity index (χ3v) is 6.19. The number of thiophene rings is 1. The van der Waals surface area contributed by atoms with E-state index >= 15 is 0 Å². The fourth-order valence-corrected chi connectivity index (χ4v) is 4.88. The van der Waals surface area contributed by atoms with Crippen LogP contribution in [0, 0.1) is 5.92 Å². The fraction of sp³-hybridized carbons (Fsp3) is 0.750. The molecule has 21 heavy (non-hydrogen) atoms. The summed E-state index contributed by atoms with van der Waals surface area (Å²) in [6, 6.07) is 4.94. The van der Waals surface area contributed by atoms with Crippen LogP contribution in [-0.4, -0.2) is 55.6 Å². The predicted octanol–water partition coefficient (Wildman–Crippen LogP) is 2.91. The maximum absolute atomic E-state index is 5.95. The van der Waals surface area contributed by atoms with E-state index in [-0.39, 0.29) is 0 Å². The molecule has 2 atom stereocenters. The van der Waals surface area contributed by atoms with Crippen LogP contribution >= 0.6 is 22.9 Å². The normalized spacial score (nSPS) is 27.7. The van der Waals surface area contributed by atoms with E-state index in [0.717, 1.165) is 29.4 Å². The van der Waals surface area contributed by atoms with Crippen molar-refractivity contribution in [3.8, 4) is 0 Å². The first kappa shape index (κ1) is 15.8. The minimum Gasteiger partial charge on any atom is -0.311 e. The molecule has 1 aromatic rings. The zero-order valence-corrected chi connectivity index (χ0v) is 14.4. The summed E-state index contributed by atoms with van der Waals surface area (Å²) in [5.74, 6) is 0.897. The number of rotatable bonds is 5. The molecule has 5 heteroatoms. The molecule has 1 N–H and O–H groups in total. The van der Waals surface area contributed by atoms with Crippen LogP contribution in [-0.2, 0) is 6.54 Å². The molecule has 2 unspecified atom stereocenters. The number of nitrogens with one attached hydrogen (secondary N) is 1. The molecule has 0 radical (unpaired) electrons. The standard InChI is InChI=1S/C16H26ClN3S/c1-19-8-2-3-13-12-20(9-6-15(13)19)10-7-18-11-14-4-5-16(17)21-14/h4-5,13,15,18H,2-3,6-12H2,1H3. The van der Waals surface area contributed by atoms with Crippen molar-refractivity contribution in [1.29, 1.82) is 0 Å². The molecule has 3 nitrogen and oxygen atoms in total. The summed E-state index contributed by atoms with van der Waals surface area (Å²) in [6.45, 7) is 7.04. The second-order valence-corrected chi connectivity index (χ2v) is 8.22. The smallest absolute Gasteiger partial charge is 0.0931 e. The van der Waals surface area contributed by atoms with Crippen molar-refractivity contribution < 1.29 is 0 Å². The fourth-order valence-electron chi connectivity index (χ4n) is 3.83. The summed E-state index contributed by atoms with van der Waals surface area (Å²) in [4.78, 5) is 6.56. The molecule has 2 aliphatic heterocycles. The Labute approximate surface area is 137 Å². The molecule has 0 saturated carbocycles. The molecule has 0 bridgehead atoms. The summed E-state index contributed by atoms with van der Waals surface area (Å²) in [5.41, 5.74) is 0. The average molecular weight is 328 g/mol. The van der Waals surface area contributed by atoms with Crippen LogP contribution < -0.4 is 5.32 Å². The maximum Gasteiger partial charge on any atom is 0.0931 e. The van der Waals surface area contributed by atoms with Gasteiger partial charge in [0, 0.05) is 37.1 Å². The summed E-state index contributed by atoms with van der Waals surface area (Å²) < 4.78 is 0.885. The van der Waals surface area contributed by atoms with Crippen LogP contribution in [0.3, 0.4) is 0 Å². The minimum absolute atomic E-state index is 0.844. The van der Waals surface area contributed by atoms with Gasteiger partial charge in [-0.1, -0.05) is 11.6 Å². The van der Waals surface area contributed by atoms with Crippen molar-refractivity contribution in [3.05, 3.63) is 21.3 Å². The summed E-state index contributed by atoms with van der Waals surface area (Å²) in [5, 5.41) is 3.54. The van der Waals surface area contributed by atoms with E-state index in [0.29, 0.717) is 0 Å². The van der Waals surface area contributed by atoms with Gasteiger partial charge in [0.15, 0.2) is 0 Å². The van der Waals surface area contributed by atoms with Gasteiger partial charge < -0.3 is 15.1 Å². The summed E-state index contributed by atoms with van der Waals surface area (Å²) in [7, 11) is 2.31. The molecule has 0 aliphatic carbocycles. The first-order valence-electron chi connectivity index (χ1n) is 8.10. The van der Waals surface area contributed by atoms with Gasteiger partial charge in [0.1, 0.15) is 0 Å². The molecule has 3 rings (SSSR count). The zero-order valence-electron chi connectivity index (χ0n) is 12.9. The summed E-state index contributed by atoms with van der Waals surface area (Å²) >= 11 is 7.62. The third-order valence-electron chi connectivity index (χ3n) is 4.96. The van der Waals surface area contributed by atoms with Gasteiger partial charge in [-0.25, -0.2) is 0 Å². The van der Waals surface area contributed by atoms with Gasteiger partial charge in [-0.15, -0.1) is 11.3 Å². The Balaban J connectivity index is 1.36. The number of nitrogens with zero attached hydrogens (tertiary/aromatic N) is 2. The predicted molar refractivity (Wildman–Crippen MR) is 91.2 cm³/mol. The highest BCUT2D eigenvalue weighted by Gasteiger charge is 2.33. The molecule has 2 saturated heterocycles. The Morgan fingerprint density at radius 2 is 2.24 bits per heavy atom. The highest BCUT2D eigenvalue weighted by molar-refractivity contribution is 7.16. The van der Waals surface area contributed by atoms with E-state index in [4.69, 9.17) is 11.6 Å². The van der Waals surface area contributed by atoms with E-state index in [1.165, 1.54) is 50.3 Å². The second-order valence-electron chi connectivity index (χ2n) is 6.42. The third kappa shape index (κ3) is 4.20. The molecule has 118 valence electrons. The Morgan fingerprint density at radius 3 is 3.05 bits per heavy atom. The number of hydrogen-bond acceptors (Lipinski definition) is 4. The number of fused-ring (bicyclic) bond motifs is 1. The number of likely N-dealkylation sites (tertiary alicyclic amines) is 2. The Kier molecular flexibility index (Phi) is 5.57. The van der Waals surface area contributed by atoms with Crippen LogP contribution in [0.25, 0.3) is 0 Å². The van der Waals surface area contributed by atoms with Gasteiger partial charge >= 0.3 is 0 Å². The van der Waals surface area contributed by atoms with Crippen LogP contribution in [0.2, 0.25) is 4.34 Å². The molecule has 2 aliphatic rings. The van der Waals surface area contributed by atoms with Gasteiger partial charge in [0.25, 0.3) is 0 Å². The van der Waals surface area contributed by atoms with E-state index in [9.17, 15) is 0 Å². The van der Waals surface area contributed by atoms with Crippen molar-refractivity contribution >= 4 is 22.9 Å².